The summed E-state index contributed by atoms with van der Waals surface area (Å²) >= 11 is 0. The normalized spacial score (nSPS) is 21.1. The number of aromatic nitrogens is 2. The van der Waals surface area contributed by atoms with E-state index in [0.29, 0.717) is 24.1 Å². The molecule has 2 fully saturated rings. The van der Waals surface area contributed by atoms with Crippen LogP contribution in [-0.2, 0) is 4.79 Å². The maximum absolute atomic E-state index is 13.6. The second-order valence-corrected chi connectivity index (χ2v) is 7.05. The van der Waals surface area contributed by atoms with Crippen LogP contribution >= 0.6 is 0 Å². The molecular formula is C20H24FN5O2. The van der Waals surface area contributed by atoms with Gasteiger partial charge in [-0.05, 0) is 31.0 Å². The largest absolute Gasteiger partial charge is 0.481 e. The van der Waals surface area contributed by atoms with Gasteiger partial charge in [-0.3, -0.25) is 9.69 Å². The average molecular weight is 385 g/mol. The molecule has 8 heteroatoms. The van der Waals surface area contributed by atoms with Gasteiger partial charge in [-0.25, -0.2) is 9.37 Å². The molecule has 7 nitrogen and oxygen atoms in total. The Morgan fingerprint density at radius 2 is 1.96 bits per heavy atom. The van der Waals surface area contributed by atoms with E-state index in [0.717, 1.165) is 39.0 Å². The fourth-order valence-electron chi connectivity index (χ4n) is 3.93. The van der Waals surface area contributed by atoms with Crippen molar-refractivity contribution in [1.82, 2.24) is 14.9 Å². The van der Waals surface area contributed by atoms with Crippen molar-refractivity contribution in [2.75, 3.05) is 49.6 Å². The molecule has 2 aliphatic rings. The fourth-order valence-corrected chi connectivity index (χ4v) is 3.93. The minimum absolute atomic E-state index is 0.0583. The number of hydrogen-bond donors (Lipinski definition) is 0. The van der Waals surface area contributed by atoms with Gasteiger partial charge in [-0.1, -0.05) is 6.07 Å². The number of methoxy groups -OCH3 is 1. The Morgan fingerprint density at radius 3 is 2.71 bits per heavy atom. The third-order valence-electron chi connectivity index (χ3n) is 5.39. The Balaban J connectivity index is 1.42. The van der Waals surface area contributed by atoms with Gasteiger partial charge in [0.25, 0.3) is 0 Å². The molecule has 3 heterocycles. The predicted octanol–water partition coefficient (Wildman–Crippen LogP) is 1.94. The van der Waals surface area contributed by atoms with Gasteiger partial charge in [0.2, 0.25) is 17.7 Å². The van der Waals surface area contributed by atoms with Crippen LogP contribution in [-0.4, -0.2) is 66.7 Å². The lowest BCUT2D eigenvalue weighted by Crippen LogP contribution is -2.58. The third-order valence-corrected chi connectivity index (χ3v) is 5.39. The summed E-state index contributed by atoms with van der Waals surface area (Å²) in [5.74, 6) is 0.929. The van der Waals surface area contributed by atoms with Gasteiger partial charge in [-0.2, -0.15) is 4.98 Å². The van der Waals surface area contributed by atoms with E-state index in [1.807, 2.05) is 0 Å². The van der Waals surface area contributed by atoms with Crippen LogP contribution in [0.2, 0.25) is 0 Å². The molecule has 0 aliphatic carbocycles. The average Bonchev–Trinajstić information content (AvgIpc) is 2.74. The minimum Gasteiger partial charge on any atom is -0.481 e. The molecule has 0 saturated carbocycles. The number of rotatable bonds is 4. The van der Waals surface area contributed by atoms with Gasteiger partial charge in [0.05, 0.1) is 13.2 Å². The van der Waals surface area contributed by atoms with E-state index in [4.69, 9.17) is 4.74 Å². The molecule has 0 bridgehead atoms. The predicted molar refractivity (Wildman–Crippen MR) is 104 cm³/mol. The van der Waals surface area contributed by atoms with E-state index in [9.17, 15) is 9.18 Å². The van der Waals surface area contributed by atoms with Crippen molar-refractivity contribution in [1.29, 1.82) is 0 Å². The molecule has 1 aromatic heterocycles. The number of carbonyl (C=O) groups is 1. The summed E-state index contributed by atoms with van der Waals surface area (Å²) in [6.45, 7) is 3.65. The molecule has 28 heavy (non-hydrogen) atoms. The summed E-state index contributed by atoms with van der Waals surface area (Å²) in [5, 5.41) is 0. The molecule has 0 radical (unpaired) electrons. The number of amides is 1. The summed E-state index contributed by atoms with van der Waals surface area (Å²) in [7, 11) is 1.59. The van der Waals surface area contributed by atoms with Crippen LogP contribution in [0, 0.1) is 5.82 Å². The van der Waals surface area contributed by atoms with Crippen LogP contribution in [0.4, 0.5) is 16.0 Å². The zero-order chi connectivity index (χ0) is 19.5. The van der Waals surface area contributed by atoms with E-state index in [-0.39, 0.29) is 17.8 Å². The molecule has 2 aliphatic heterocycles. The molecule has 0 N–H and O–H groups in total. The monoisotopic (exact) mass is 385 g/mol. The highest BCUT2D eigenvalue weighted by molar-refractivity contribution is 5.97. The molecule has 1 amide bonds. The number of ether oxygens (including phenoxy) is 1. The zero-order valence-corrected chi connectivity index (χ0v) is 15.9. The zero-order valence-electron chi connectivity index (χ0n) is 15.9. The van der Waals surface area contributed by atoms with Crippen LogP contribution < -0.4 is 14.5 Å². The topological polar surface area (TPSA) is 61.8 Å². The van der Waals surface area contributed by atoms with Crippen molar-refractivity contribution in [2.45, 2.75) is 18.9 Å². The molecule has 2 aromatic rings. The van der Waals surface area contributed by atoms with E-state index in [2.05, 4.69) is 19.8 Å². The fraction of sp³-hybridized carbons (Fsp3) is 0.450. The highest BCUT2D eigenvalue weighted by Gasteiger charge is 2.35. The number of nitrogens with zero attached hydrogens (tertiary/aromatic N) is 5. The van der Waals surface area contributed by atoms with E-state index in [1.54, 1.807) is 36.4 Å². The van der Waals surface area contributed by atoms with Gasteiger partial charge in [0.1, 0.15) is 5.82 Å². The highest BCUT2D eigenvalue weighted by atomic mass is 19.1. The first-order chi connectivity index (χ1) is 13.7. The van der Waals surface area contributed by atoms with Gasteiger partial charge < -0.3 is 14.5 Å². The first-order valence-electron chi connectivity index (χ1n) is 9.58. The Bertz CT molecular complexity index is 841. The summed E-state index contributed by atoms with van der Waals surface area (Å²) in [6.07, 6.45) is 3.43. The van der Waals surface area contributed by atoms with Crippen molar-refractivity contribution in [2.24, 2.45) is 0 Å². The summed E-state index contributed by atoms with van der Waals surface area (Å²) < 4.78 is 18.8. The highest BCUT2D eigenvalue weighted by Crippen LogP contribution is 2.25. The van der Waals surface area contributed by atoms with E-state index < -0.39 is 0 Å². The van der Waals surface area contributed by atoms with Gasteiger partial charge >= 0.3 is 0 Å². The number of piperazine rings is 1. The number of carbonyl (C=O) groups excluding carboxylic acids is 1. The first-order valence-corrected chi connectivity index (χ1v) is 9.58. The van der Waals surface area contributed by atoms with E-state index in [1.165, 1.54) is 12.1 Å². The van der Waals surface area contributed by atoms with E-state index >= 15 is 0 Å². The van der Waals surface area contributed by atoms with Crippen LogP contribution in [0.25, 0.3) is 0 Å². The van der Waals surface area contributed by atoms with Crippen molar-refractivity contribution in [3.63, 3.8) is 0 Å². The second kappa shape index (κ2) is 8.10. The number of anilines is 2. The van der Waals surface area contributed by atoms with Crippen molar-refractivity contribution in [3.8, 4) is 5.88 Å². The molecule has 148 valence electrons. The lowest BCUT2D eigenvalue weighted by molar-refractivity contribution is -0.125. The van der Waals surface area contributed by atoms with Crippen LogP contribution in [0.5, 0.6) is 5.88 Å². The minimum atomic E-state index is -0.320. The Morgan fingerprint density at radius 1 is 1.14 bits per heavy atom. The second-order valence-electron chi connectivity index (χ2n) is 7.05. The number of hydrogen-bond acceptors (Lipinski definition) is 6. The molecule has 4 rings (SSSR count). The van der Waals surface area contributed by atoms with Crippen molar-refractivity contribution in [3.05, 3.63) is 42.3 Å². The van der Waals surface area contributed by atoms with Gasteiger partial charge in [0.15, 0.2) is 0 Å². The lowest BCUT2D eigenvalue weighted by Gasteiger charge is -2.42. The quantitative estimate of drug-likeness (QED) is 0.802. The summed E-state index contributed by atoms with van der Waals surface area (Å²) in [4.78, 5) is 27.8. The molecule has 1 aromatic carbocycles. The third kappa shape index (κ3) is 3.77. The van der Waals surface area contributed by atoms with Crippen molar-refractivity contribution < 1.29 is 13.9 Å². The Hall–Kier alpha value is -2.74. The molecule has 1 unspecified atom stereocenters. The first kappa shape index (κ1) is 18.6. The Kier molecular flexibility index (Phi) is 5.38. The maximum atomic E-state index is 13.6. The van der Waals surface area contributed by atoms with Crippen LogP contribution in [0.1, 0.15) is 12.8 Å². The van der Waals surface area contributed by atoms with Gasteiger partial charge in [-0.15, -0.1) is 0 Å². The Labute approximate surface area is 163 Å². The number of benzene rings is 1. The summed E-state index contributed by atoms with van der Waals surface area (Å²) in [6, 6.07) is 7.83. The summed E-state index contributed by atoms with van der Waals surface area (Å²) in [5.41, 5.74) is 0.637. The van der Waals surface area contributed by atoms with Gasteiger partial charge in [0, 0.05) is 50.7 Å². The van der Waals surface area contributed by atoms with Crippen molar-refractivity contribution >= 4 is 17.5 Å². The lowest BCUT2D eigenvalue weighted by atomic mass is 10.0. The number of piperidine rings is 1. The smallest absolute Gasteiger partial charge is 0.244 e. The maximum Gasteiger partial charge on any atom is 0.244 e. The standard InChI is InChI=1S/C20H24FN5O2/c1-28-18-7-8-22-20(23-18)25-12-10-24(11-13-25)17-6-3-9-26(19(17)27)16-5-2-4-15(21)14-16/h2,4-5,7-8,14,17H,3,6,9-13H2,1H3. The number of halogens is 1. The van der Waals surface area contributed by atoms with Crippen LogP contribution in [0.3, 0.4) is 0 Å². The molecule has 2 saturated heterocycles. The SMILES string of the molecule is COc1ccnc(N2CCN(C3CCCN(c4cccc(F)c4)C3=O)CC2)n1. The molecular weight excluding hydrogens is 361 g/mol. The van der Waals surface area contributed by atoms with Crippen LogP contribution in [0.15, 0.2) is 36.5 Å². The molecule has 1 atom stereocenters. The molecule has 0 spiro atoms.